The fourth-order valence-corrected chi connectivity index (χ4v) is 3.85. The van der Waals surface area contributed by atoms with Crippen LogP contribution in [-0.4, -0.2) is 37.3 Å². The van der Waals surface area contributed by atoms with Crippen molar-refractivity contribution in [2.24, 2.45) is 5.73 Å². The Balaban J connectivity index is 2.22. The van der Waals surface area contributed by atoms with Crippen molar-refractivity contribution >= 4 is 38.0 Å². The van der Waals surface area contributed by atoms with Crippen molar-refractivity contribution in [3.63, 3.8) is 0 Å². The Morgan fingerprint density at radius 1 is 1.55 bits per heavy atom. The van der Waals surface area contributed by atoms with Crippen molar-refractivity contribution in [1.29, 1.82) is 0 Å². The molecule has 8 nitrogen and oxygen atoms in total. The summed E-state index contributed by atoms with van der Waals surface area (Å²) in [6.45, 7) is 0.145. The number of primary amides is 1. The molecule has 2 rings (SSSR count). The van der Waals surface area contributed by atoms with Crippen LogP contribution in [0.1, 0.15) is 12.8 Å². The number of imidazole rings is 1. The van der Waals surface area contributed by atoms with Crippen molar-refractivity contribution in [2.45, 2.75) is 17.9 Å². The normalized spacial score (nSPS) is 11.8. The highest BCUT2D eigenvalue weighted by Crippen LogP contribution is 2.24. The highest BCUT2D eigenvalue weighted by Gasteiger charge is 2.24. The lowest BCUT2D eigenvalue weighted by Gasteiger charge is -2.07. The molecule has 0 aliphatic rings. The SMILES string of the molecule is CNc1nc2sccn2c1S(=O)(=O)NCCCC(N)=O. The number of fused-ring (bicyclic) bond motifs is 1. The minimum atomic E-state index is -3.71. The number of carbonyl (C=O) groups is 1. The van der Waals surface area contributed by atoms with E-state index in [1.165, 1.54) is 15.7 Å². The van der Waals surface area contributed by atoms with Gasteiger partial charge in [0.2, 0.25) is 5.91 Å². The van der Waals surface area contributed by atoms with Gasteiger partial charge >= 0.3 is 0 Å². The van der Waals surface area contributed by atoms with E-state index in [-0.39, 0.29) is 18.0 Å². The number of hydrogen-bond acceptors (Lipinski definition) is 6. The highest BCUT2D eigenvalue weighted by molar-refractivity contribution is 7.89. The molecule has 20 heavy (non-hydrogen) atoms. The Labute approximate surface area is 120 Å². The molecule has 0 atom stereocenters. The van der Waals surface area contributed by atoms with E-state index in [4.69, 9.17) is 5.73 Å². The third-order valence-corrected chi connectivity index (χ3v) is 4.84. The molecule has 2 aromatic heterocycles. The molecule has 0 saturated heterocycles. The third kappa shape index (κ3) is 2.92. The van der Waals surface area contributed by atoms with Gasteiger partial charge in [-0.15, -0.1) is 11.3 Å². The number of rotatable bonds is 7. The van der Waals surface area contributed by atoms with Crippen LogP contribution in [0.15, 0.2) is 16.6 Å². The van der Waals surface area contributed by atoms with Crippen LogP contribution < -0.4 is 15.8 Å². The summed E-state index contributed by atoms with van der Waals surface area (Å²) >= 11 is 1.34. The number of thiazole rings is 1. The molecular formula is C10H15N5O3S2. The molecule has 0 fully saturated rings. The Morgan fingerprint density at radius 2 is 2.30 bits per heavy atom. The third-order valence-electron chi connectivity index (χ3n) is 2.60. The van der Waals surface area contributed by atoms with E-state index >= 15 is 0 Å². The molecule has 2 aromatic rings. The number of nitrogens with one attached hydrogen (secondary N) is 2. The summed E-state index contributed by atoms with van der Waals surface area (Å²) in [6.07, 6.45) is 2.14. The Morgan fingerprint density at radius 3 is 2.95 bits per heavy atom. The van der Waals surface area contributed by atoms with E-state index in [0.717, 1.165) is 0 Å². The molecule has 0 radical (unpaired) electrons. The lowest BCUT2D eigenvalue weighted by molar-refractivity contribution is -0.118. The number of sulfonamides is 1. The second kappa shape index (κ2) is 5.77. The van der Waals surface area contributed by atoms with Crippen LogP contribution in [0.3, 0.4) is 0 Å². The zero-order chi connectivity index (χ0) is 14.8. The molecule has 110 valence electrons. The van der Waals surface area contributed by atoms with E-state index in [9.17, 15) is 13.2 Å². The van der Waals surface area contributed by atoms with Crippen molar-refractivity contribution in [3.8, 4) is 0 Å². The van der Waals surface area contributed by atoms with Crippen molar-refractivity contribution in [2.75, 3.05) is 18.9 Å². The minimum absolute atomic E-state index is 0.0651. The first-order chi connectivity index (χ1) is 9.45. The molecule has 0 unspecified atom stereocenters. The van der Waals surface area contributed by atoms with Gasteiger partial charge < -0.3 is 11.1 Å². The van der Waals surface area contributed by atoms with Gasteiger partial charge in [0.15, 0.2) is 15.8 Å². The summed E-state index contributed by atoms with van der Waals surface area (Å²) in [7, 11) is -2.10. The van der Waals surface area contributed by atoms with E-state index in [2.05, 4.69) is 15.0 Å². The minimum Gasteiger partial charge on any atom is -0.371 e. The second-order valence-corrected chi connectivity index (χ2v) is 6.59. The molecule has 10 heteroatoms. The molecule has 4 N–H and O–H groups in total. The largest absolute Gasteiger partial charge is 0.371 e. The van der Waals surface area contributed by atoms with Crippen molar-refractivity contribution < 1.29 is 13.2 Å². The smallest absolute Gasteiger partial charge is 0.260 e. The topological polar surface area (TPSA) is 119 Å². The van der Waals surface area contributed by atoms with E-state index in [0.29, 0.717) is 17.2 Å². The Hall–Kier alpha value is -1.65. The molecule has 0 bridgehead atoms. The Bertz CT molecular complexity index is 718. The van der Waals surface area contributed by atoms with Crippen LogP contribution in [-0.2, 0) is 14.8 Å². The van der Waals surface area contributed by atoms with Gasteiger partial charge in [-0.2, -0.15) is 0 Å². The van der Waals surface area contributed by atoms with Crippen LogP contribution in [0.5, 0.6) is 0 Å². The zero-order valence-electron chi connectivity index (χ0n) is 10.8. The number of hydrogen-bond donors (Lipinski definition) is 3. The standard InChI is InChI=1S/C10H15N5O3S2/c1-12-8-9(15-5-6-19-10(15)14-8)20(17,18)13-4-2-3-7(11)16/h5-6,12-13H,2-4H2,1H3,(H2,11,16). The van der Waals surface area contributed by atoms with Gasteiger partial charge in [0, 0.05) is 31.6 Å². The molecule has 0 aromatic carbocycles. The summed E-state index contributed by atoms with van der Waals surface area (Å²) in [6, 6.07) is 0. The van der Waals surface area contributed by atoms with E-state index < -0.39 is 15.9 Å². The first-order valence-electron chi connectivity index (χ1n) is 5.87. The van der Waals surface area contributed by atoms with Crippen molar-refractivity contribution in [1.82, 2.24) is 14.1 Å². The van der Waals surface area contributed by atoms with Gasteiger partial charge in [-0.1, -0.05) is 0 Å². The van der Waals surface area contributed by atoms with Gasteiger partial charge in [0.05, 0.1) is 0 Å². The molecule has 0 aliphatic carbocycles. The summed E-state index contributed by atoms with van der Waals surface area (Å²) in [5.41, 5.74) is 5.00. The number of carbonyl (C=O) groups excluding carboxylic acids is 1. The van der Waals surface area contributed by atoms with Gasteiger partial charge in [-0.05, 0) is 6.42 Å². The molecule has 0 spiro atoms. The molecule has 2 heterocycles. The van der Waals surface area contributed by atoms with Crippen LogP contribution in [0.4, 0.5) is 5.82 Å². The number of anilines is 1. The van der Waals surface area contributed by atoms with Gasteiger partial charge in [-0.3, -0.25) is 9.20 Å². The van der Waals surface area contributed by atoms with Crippen LogP contribution >= 0.6 is 11.3 Å². The maximum atomic E-state index is 12.3. The average molecular weight is 317 g/mol. The first kappa shape index (κ1) is 14.8. The van der Waals surface area contributed by atoms with Crippen LogP contribution in [0.2, 0.25) is 0 Å². The van der Waals surface area contributed by atoms with Gasteiger partial charge in [-0.25, -0.2) is 18.1 Å². The first-order valence-corrected chi connectivity index (χ1v) is 8.23. The van der Waals surface area contributed by atoms with E-state index in [1.807, 2.05) is 0 Å². The molecule has 1 amide bonds. The van der Waals surface area contributed by atoms with Gasteiger partial charge in [0.1, 0.15) is 0 Å². The highest BCUT2D eigenvalue weighted by atomic mass is 32.2. The lowest BCUT2D eigenvalue weighted by atomic mass is 10.3. The monoisotopic (exact) mass is 317 g/mol. The maximum Gasteiger partial charge on any atom is 0.260 e. The molecular weight excluding hydrogens is 302 g/mol. The molecule has 0 saturated carbocycles. The number of amides is 1. The van der Waals surface area contributed by atoms with E-state index in [1.54, 1.807) is 18.6 Å². The molecule has 0 aliphatic heterocycles. The predicted molar refractivity (Wildman–Crippen MR) is 76.2 cm³/mol. The fraction of sp³-hybridized carbons (Fsp3) is 0.400. The number of nitrogens with zero attached hydrogens (tertiary/aromatic N) is 2. The van der Waals surface area contributed by atoms with Crippen molar-refractivity contribution in [3.05, 3.63) is 11.6 Å². The summed E-state index contributed by atoms with van der Waals surface area (Å²) in [5.74, 6) is -0.163. The summed E-state index contributed by atoms with van der Waals surface area (Å²) in [4.78, 5) is 15.4. The second-order valence-electron chi connectivity index (χ2n) is 4.04. The van der Waals surface area contributed by atoms with Crippen LogP contribution in [0, 0.1) is 0 Å². The van der Waals surface area contributed by atoms with Crippen LogP contribution in [0.25, 0.3) is 4.96 Å². The Kier molecular flexibility index (Phi) is 4.26. The number of aromatic nitrogens is 2. The zero-order valence-corrected chi connectivity index (χ0v) is 12.4. The average Bonchev–Trinajstić information content (AvgIpc) is 2.93. The predicted octanol–water partition coefficient (Wildman–Crippen LogP) is -0.0187. The lowest BCUT2D eigenvalue weighted by Crippen LogP contribution is -2.27. The maximum absolute atomic E-state index is 12.3. The fourth-order valence-electron chi connectivity index (χ4n) is 1.72. The van der Waals surface area contributed by atoms with Gasteiger partial charge in [0.25, 0.3) is 10.0 Å². The summed E-state index contributed by atoms with van der Waals surface area (Å²) < 4.78 is 28.6. The number of nitrogens with two attached hydrogens (primary N) is 1. The quantitative estimate of drug-likeness (QED) is 0.620. The summed E-state index contributed by atoms with van der Waals surface area (Å²) in [5, 5.41) is 4.59.